The molecule has 0 bridgehead atoms. The summed E-state index contributed by atoms with van der Waals surface area (Å²) < 4.78 is 52.4. The average molecular weight is 905 g/mol. The van der Waals surface area contributed by atoms with Crippen molar-refractivity contribution in [1.29, 1.82) is 0 Å². The molecule has 4 aliphatic heterocycles. The van der Waals surface area contributed by atoms with Crippen molar-refractivity contribution in [3.05, 3.63) is 43.5 Å². The highest BCUT2D eigenvalue weighted by Gasteiger charge is 2.45. The molecule has 6 rings (SSSR count). The predicted molar refractivity (Wildman–Crippen MR) is 217 cm³/mol. The van der Waals surface area contributed by atoms with Gasteiger partial charge < -0.3 is 43.0 Å². The Kier molecular flexibility index (Phi) is 19.3. The van der Waals surface area contributed by atoms with E-state index in [1.165, 1.54) is 5.56 Å². The lowest BCUT2D eigenvalue weighted by Crippen LogP contribution is -2.31. The number of unbranched alkanes of at least 4 members (excludes halogenated alkanes) is 1. The number of hydrogen-bond donors (Lipinski definition) is 1. The third kappa shape index (κ3) is 14.6. The SMILES string of the molecule is OC(CCCC=CC[C@@H]1[C@@H](C=CC(CCc2cc(Br)sc2Br)OC2CCCCO2)[C@H](OC2CCCCO2)C[C@@H]1OC1CCCCO1)COC1CCCCO1. The summed E-state index contributed by atoms with van der Waals surface area (Å²) in [6, 6.07) is 2.20. The van der Waals surface area contributed by atoms with Crippen LogP contribution in [0.1, 0.15) is 121 Å². The summed E-state index contributed by atoms with van der Waals surface area (Å²) in [5.74, 6) is 0.329. The third-order valence-corrected chi connectivity index (χ3v) is 13.8. The summed E-state index contributed by atoms with van der Waals surface area (Å²) in [6.07, 6.45) is 26.5. The molecule has 5 heterocycles. The number of aliphatic hydroxyl groups excluding tert-OH is 1. The van der Waals surface area contributed by atoms with Crippen LogP contribution >= 0.6 is 43.2 Å². The zero-order valence-corrected chi connectivity index (χ0v) is 36.0. The Hall–Kier alpha value is -0.220. The standard InChI is InChI=1S/C42H64Br2O9S/c43-37-27-30(42(44)54-37)19-20-32(51-39-16-6-10-24-47-39)21-22-34-33(14-4-2-1-3-13-31(45)29-50-38-15-5-9-23-46-38)35(52-40-17-7-11-25-48-40)28-36(34)53-41-18-8-12-26-49-41/h2,4,21-22,27,31-36,38-41,45H,1,3,5-20,23-26,28-29H2/t31?,32?,33-,34-,35+,36-,38?,39?,40?,41?/m1/s1. The monoisotopic (exact) mass is 902 g/mol. The van der Waals surface area contributed by atoms with Gasteiger partial charge in [0.15, 0.2) is 25.2 Å². The van der Waals surface area contributed by atoms with E-state index < -0.39 is 6.10 Å². The molecule has 5 aliphatic rings. The lowest BCUT2D eigenvalue weighted by molar-refractivity contribution is -0.203. The molecule has 1 N–H and O–H groups in total. The van der Waals surface area contributed by atoms with Crippen molar-refractivity contribution in [3.8, 4) is 0 Å². The minimum Gasteiger partial charge on any atom is -0.391 e. The molecule has 5 fully saturated rings. The van der Waals surface area contributed by atoms with Crippen molar-refractivity contribution in [2.24, 2.45) is 11.8 Å². The average Bonchev–Trinajstić information content (AvgIpc) is 3.70. The number of allylic oxidation sites excluding steroid dienone is 2. The van der Waals surface area contributed by atoms with Crippen LogP contribution in [0.5, 0.6) is 0 Å². The van der Waals surface area contributed by atoms with E-state index in [0.29, 0.717) is 13.0 Å². The fraction of sp³-hybridized carbons (Fsp3) is 0.810. The second-order valence-corrected chi connectivity index (χ2v) is 19.3. The molecule has 0 spiro atoms. The predicted octanol–water partition coefficient (Wildman–Crippen LogP) is 10.2. The summed E-state index contributed by atoms with van der Waals surface area (Å²) in [6.45, 7) is 3.34. The molecule has 12 heteroatoms. The van der Waals surface area contributed by atoms with Crippen molar-refractivity contribution in [1.82, 2.24) is 0 Å². The maximum atomic E-state index is 10.5. The Bertz CT molecular complexity index is 1240. The van der Waals surface area contributed by atoms with Gasteiger partial charge in [-0.2, -0.15) is 0 Å². The smallest absolute Gasteiger partial charge is 0.158 e. The number of hydrogen-bond acceptors (Lipinski definition) is 10. The molecular weight excluding hydrogens is 840 g/mol. The van der Waals surface area contributed by atoms with E-state index in [1.807, 2.05) is 0 Å². The first-order valence-electron chi connectivity index (χ1n) is 21.0. The third-order valence-electron chi connectivity index (χ3n) is 11.3. The molecule has 0 amide bonds. The van der Waals surface area contributed by atoms with Crippen molar-refractivity contribution >= 4 is 43.2 Å². The van der Waals surface area contributed by atoms with Gasteiger partial charge in [-0.3, -0.25) is 0 Å². The van der Waals surface area contributed by atoms with Crippen LogP contribution in [0, 0.1) is 11.8 Å². The molecule has 1 aromatic rings. The molecule has 54 heavy (non-hydrogen) atoms. The minimum absolute atomic E-state index is 0.00197. The molecule has 1 aromatic heterocycles. The first kappa shape index (κ1) is 43.4. The van der Waals surface area contributed by atoms with Crippen molar-refractivity contribution in [3.63, 3.8) is 0 Å². The van der Waals surface area contributed by atoms with Gasteiger partial charge in [0.25, 0.3) is 0 Å². The van der Waals surface area contributed by atoms with E-state index in [9.17, 15) is 5.11 Å². The molecule has 306 valence electrons. The fourth-order valence-electron chi connectivity index (χ4n) is 8.29. The van der Waals surface area contributed by atoms with Crippen LogP contribution in [0.25, 0.3) is 0 Å². The van der Waals surface area contributed by atoms with Gasteiger partial charge in [-0.1, -0.05) is 24.3 Å². The highest BCUT2D eigenvalue weighted by molar-refractivity contribution is 9.12. The number of aliphatic hydroxyl groups is 1. The maximum Gasteiger partial charge on any atom is 0.158 e. The normalized spacial score (nSPS) is 32.4. The summed E-state index contributed by atoms with van der Waals surface area (Å²) in [5.41, 5.74) is 1.29. The number of rotatable bonds is 20. The number of aryl methyl sites for hydroxylation is 1. The fourth-order valence-corrected chi connectivity index (χ4v) is 11.2. The van der Waals surface area contributed by atoms with Gasteiger partial charge in [0.1, 0.15) is 0 Å². The summed E-state index contributed by atoms with van der Waals surface area (Å²) in [4.78, 5) is 0. The van der Waals surface area contributed by atoms with Crippen LogP contribution < -0.4 is 0 Å². The van der Waals surface area contributed by atoms with E-state index in [4.69, 9.17) is 37.9 Å². The Morgan fingerprint density at radius 3 is 2.02 bits per heavy atom. The topological polar surface area (TPSA) is 94.1 Å². The minimum atomic E-state index is -0.474. The molecule has 4 saturated heterocycles. The van der Waals surface area contributed by atoms with Gasteiger partial charge in [-0.15, -0.1) is 11.3 Å². The van der Waals surface area contributed by atoms with Crippen molar-refractivity contribution < 1.29 is 43.0 Å². The first-order valence-corrected chi connectivity index (χ1v) is 23.4. The Labute approximate surface area is 344 Å². The molecule has 9 nitrogen and oxygen atoms in total. The van der Waals surface area contributed by atoms with E-state index >= 15 is 0 Å². The van der Waals surface area contributed by atoms with Crippen LogP contribution in [-0.4, -0.2) is 87.7 Å². The van der Waals surface area contributed by atoms with E-state index in [0.717, 1.165) is 150 Å². The number of halogens is 2. The van der Waals surface area contributed by atoms with E-state index in [2.05, 4.69) is 62.2 Å². The largest absolute Gasteiger partial charge is 0.391 e. The zero-order valence-electron chi connectivity index (χ0n) is 32.0. The highest BCUT2D eigenvalue weighted by atomic mass is 79.9. The molecule has 1 saturated carbocycles. The van der Waals surface area contributed by atoms with Gasteiger partial charge >= 0.3 is 0 Å². The van der Waals surface area contributed by atoms with Crippen LogP contribution in [-0.2, 0) is 44.3 Å². The molecular formula is C42H64Br2O9S. The Morgan fingerprint density at radius 1 is 0.778 bits per heavy atom. The maximum absolute atomic E-state index is 10.5. The van der Waals surface area contributed by atoms with Gasteiger partial charge in [0.05, 0.1) is 38.6 Å². The van der Waals surface area contributed by atoms with E-state index in [-0.39, 0.29) is 55.3 Å². The highest BCUT2D eigenvalue weighted by Crippen LogP contribution is 2.42. The molecule has 10 atom stereocenters. The van der Waals surface area contributed by atoms with Gasteiger partial charge in [0.2, 0.25) is 0 Å². The molecule has 6 unspecified atom stereocenters. The quantitative estimate of drug-likeness (QED) is 0.101. The number of thiophene rings is 1. The first-order chi connectivity index (χ1) is 26.5. The van der Waals surface area contributed by atoms with Crippen LogP contribution in [0.4, 0.5) is 0 Å². The second kappa shape index (κ2) is 24.0. The van der Waals surface area contributed by atoms with Crippen molar-refractivity contribution in [2.75, 3.05) is 33.0 Å². The molecule has 0 aromatic carbocycles. The summed E-state index contributed by atoms with van der Waals surface area (Å²) >= 11 is 9.12. The molecule has 0 radical (unpaired) electrons. The Morgan fingerprint density at radius 2 is 1.41 bits per heavy atom. The lowest BCUT2D eigenvalue weighted by atomic mass is 9.89. The van der Waals surface area contributed by atoms with E-state index in [1.54, 1.807) is 11.3 Å². The Balaban J connectivity index is 1.13. The van der Waals surface area contributed by atoms with Crippen LogP contribution in [0.3, 0.4) is 0 Å². The van der Waals surface area contributed by atoms with Crippen molar-refractivity contribution in [2.45, 2.75) is 172 Å². The second-order valence-electron chi connectivity index (χ2n) is 15.6. The summed E-state index contributed by atoms with van der Waals surface area (Å²) in [5, 5.41) is 10.5. The van der Waals surface area contributed by atoms with Crippen LogP contribution in [0.15, 0.2) is 37.9 Å². The zero-order chi connectivity index (χ0) is 37.4. The summed E-state index contributed by atoms with van der Waals surface area (Å²) in [7, 11) is 0. The van der Waals surface area contributed by atoms with Gasteiger partial charge in [-0.05, 0) is 165 Å². The lowest BCUT2D eigenvalue weighted by Gasteiger charge is -2.30. The van der Waals surface area contributed by atoms with Gasteiger partial charge in [-0.25, -0.2) is 0 Å². The number of ether oxygens (including phenoxy) is 8. The van der Waals surface area contributed by atoms with Gasteiger partial charge in [0, 0.05) is 38.8 Å². The van der Waals surface area contributed by atoms with Crippen LogP contribution in [0.2, 0.25) is 0 Å². The molecule has 1 aliphatic carbocycles.